The lowest BCUT2D eigenvalue weighted by atomic mass is 10.1. The van der Waals surface area contributed by atoms with Crippen LogP contribution in [0.5, 0.6) is 0 Å². The van der Waals surface area contributed by atoms with Gasteiger partial charge in [-0.25, -0.2) is 4.79 Å². The van der Waals surface area contributed by atoms with Gasteiger partial charge in [-0.05, 0) is 18.2 Å². The minimum Gasteiger partial charge on any atom is -0.465 e. The molecule has 31 heavy (non-hydrogen) atoms. The zero-order chi connectivity index (χ0) is 22.0. The van der Waals surface area contributed by atoms with Crippen LogP contribution in [-0.2, 0) is 9.47 Å². The molecule has 10 heteroatoms. The fourth-order valence-corrected chi connectivity index (χ4v) is 3.76. The lowest BCUT2D eigenvalue weighted by Crippen LogP contribution is -2.36. The van der Waals surface area contributed by atoms with E-state index >= 15 is 0 Å². The number of para-hydroxylation sites is 1. The Morgan fingerprint density at radius 1 is 1.29 bits per heavy atom. The minimum absolute atomic E-state index is 0.132. The number of hydrogen-bond acceptors (Lipinski definition) is 8. The fourth-order valence-electron chi connectivity index (χ4n) is 3.56. The van der Waals surface area contributed by atoms with Crippen molar-refractivity contribution in [2.24, 2.45) is 0 Å². The molecule has 0 radical (unpaired) electrons. The summed E-state index contributed by atoms with van der Waals surface area (Å²) in [7, 11) is 1.19. The second kappa shape index (κ2) is 8.75. The number of hydrogen-bond donors (Lipinski definition) is 1. The second-order valence-corrected chi connectivity index (χ2v) is 7.27. The SMILES string of the molecule is COC(=O)c1cc(N2CCOCC2)cc(Nc2c(Cl)cnc3ccccc23)c1[N+](=O)[O-]. The van der Waals surface area contributed by atoms with Crippen molar-refractivity contribution in [3.05, 3.63) is 63.3 Å². The highest BCUT2D eigenvalue weighted by atomic mass is 35.5. The number of halogens is 1. The number of methoxy groups -OCH3 is 1. The van der Waals surface area contributed by atoms with Crippen molar-refractivity contribution in [2.75, 3.05) is 43.6 Å². The first-order chi connectivity index (χ1) is 15.0. The van der Waals surface area contributed by atoms with Crippen LogP contribution >= 0.6 is 11.6 Å². The first-order valence-electron chi connectivity index (χ1n) is 9.53. The van der Waals surface area contributed by atoms with Crippen LogP contribution in [0, 0.1) is 10.1 Å². The molecule has 0 amide bonds. The van der Waals surface area contributed by atoms with E-state index in [1.54, 1.807) is 6.07 Å². The van der Waals surface area contributed by atoms with Crippen molar-refractivity contribution in [2.45, 2.75) is 0 Å². The van der Waals surface area contributed by atoms with E-state index in [0.717, 1.165) is 0 Å². The smallest absolute Gasteiger partial charge is 0.345 e. The number of aromatic nitrogens is 1. The molecule has 0 bridgehead atoms. The maximum Gasteiger partial charge on any atom is 0.345 e. The molecule has 2 aromatic carbocycles. The van der Waals surface area contributed by atoms with Crippen molar-refractivity contribution in [3.63, 3.8) is 0 Å². The molecule has 0 unspecified atom stereocenters. The zero-order valence-corrected chi connectivity index (χ0v) is 17.4. The highest BCUT2D eigenvalue weighted by Crippen LogP contribution is 2.39. The third kappa shape index (κ3) is 4.10. The number of rotatable bonds is 5. The van der Waals surface area contributed by atoms with Gasteiger partial charge in [0.1, 0.15) is 11.3 Å². The maximum atomic E-state index is 12.4. The fraction of sp³-hybridized carbons (Fsp3) is 0.238. The Balaban J connectivity index is 1.90. The summed E-state index contributed by atoms with van der Waals surface area (Å²) in [5.41, 5.74) is 1.38. The van der Waals surface area contributed by atoms with Gasteiger partial charge in [-0.1, -0.05) is 29.8 Å². The molecule has 1 aromatic heterocycles. The Bertz CT molecular complexity index is 1160. The number of anilines is 3. The Hall–Kier alpha value is -3.43. The third-order valence-corrected chi connectivity index (χ3v) is 5.33. The lowest BCUT2D eigenvalue weighted by molar-refractivity contribution is -0.384. The third-order valence-electron chi connectivity index (χ3n) is 5.05. The molecule has 160 valence electrons. The number of esters is 1. The summed E-state index contributed by atoms with van der Waals surface area (Å²) < 4.78 is 10.2. The van der Waals surface area contributed by atoms with Crippen LogP contribution in [0.15, 0.2) is 42.6 Å². The van der Waals surface area contributed by atoms with E-state index in [2.05, 4.69) is 10.3 Å². The van der Waals surface area contributed by atoms with Gasteiger partial charge in [0, 0.05) is 30.4 Å². The first-order valence-corrected chi connectivity index (χ1v) is 9.91. The maximum absolute atomic E-state index is 12.4. The molecule has 0 saturated carbocycles. The molecule has 4 rings (SSSR count). The molecule has 1 saturated heterocycles. The van der Waals surface area contributed by atoms with E-state index in [1.807, 2.05) is 29.2 Å². The Kier molecular flexibility index (Phi) is 5.88. The molecule has 1 N–H and O–H groups in total. The number of nitrogens with zero attached hydrogens (tertiary/aromatic N) is 3. The van der Waals surface area contributed by atoms with Gasteiger partial charge in [0.25, 0.3) is 0 Å². The number of nitro benzene ring substituents is 1. The Morgan fingerprint density at radius 3 is 2.74 bits per heavy atom. The van der Waals surface area contributed by atoms with Crippen molar-refractivity contribution >= 4 is 51.2 Å². The first kappa shape index (κ1) is 20.8. The number of nitro groups is 1. The number of nitrogens with one attached hydrogen (secondary N) is 1. The van der Waals surface area contributed by atoms with E-state index in [4.69, 9.17) is 21.1 Å². The number of morpholine rings is 1. The summed E-state index contributed by atoms with van der Waals surface area (Å²) in [6.45, 7) is 2.23. The molecule has 0 aliphatic carbocycles. The Morgan fingerprint density at radius 2 is 2.03 bits per heavy atom. The van der Waals surface area contributed by atoms with Gasteiger partial charge in [-0.15, -0.1) is 0 Å². The van der Waals surface area contributed by atoms with Gasteiger partial charge >= 0.3 is 11.7 Å². The van der Waals surface area contributed by atoms with Crippen LogP contribution in [0.3, 0.4) is 0 Å². The average Bonchev–Trinajstić information content (AvgIpc) is 2.80. The molecule has 0 spiro atoms. The topological polar surface area (TPSA) is 107 Å². The standard InChI is InChI=1S/C21H19ClN4O5/c1-30-21(27)15-10-13(25-6-8-31-9-7-25)11-18(20(15)26(28)29)24-19-14-4-2-3-5-17(14)23-12-16(19)22/h2-5,10-12H,6-9H2,1H3,(H,23,24). The van der Waals surface area contributed by atoms with E-state index in [9.17, 15) is 14.9 Å². The largest absolute Gasteiger partial charge is 0.465 e. The summed E-state index contributed by atoms with van der Waals surface area (Å²) in [5, 5.41) is 16.0. The van der Waals surface area contributed by atoms with E-state index < -0.39 is 10.9 Å². The summed E-state index contributed by atoms with van der Waals surface area (Å²) in [5.74, 6) is -0.796. The van der Waals surface area contributed by atoms with Gasteiger partial charge in [0.2, 0.25) is 0 Å². The molecule has 9 nitrogen and oxygen atoms in total. The van der Waals surface area contributed by atoms with Gasteiger partial charge in [0.15, 0.2) is 0 Å². The van der Waals surface area contributed by atoms with Gasteiger partial charge in [-0.3, -0.25) is 15.1 Å². The summed E-state index contributed by atoms with van der Waals surface area (Å²) >= 11 is 6.39. The van der Waals surface area contributed by atoms with Gasteiger partial charge < -0.3 is 19.7 Å². The van der Waals surface area contributed by atoms with Gasteiger partial charge in [0.05, 0.1) is 41.5 Å². The van der Waals surface area contributed by atoms with Crippen LogP contribution in [0.25, 0.3) is 10.9 Å². The Labute approximate surface area is 182 Å². The van der Waals surface area contributed by atoms with Crippen molar-refractivity contribution in [1.82, 2.24) is 4.98 Å². The van der Waals surface area contributed by atoms with Crippen LogP contribution in [0.1, 0.15) is 10.4 Å². The molecule has 1 fully saturated rings. The normalized spacial score (nSPS) is 13.8. The number of fused-ring (bicyclic) bond motifs is 1. The predicted molar refractivity (Wildman–Crippen MR) is 118 cm³/mol. The van der Waals surface area contributed by atoms with Crippen LogP contribution in [0.4, 0.5) is 22.7 Å². The van der Waals surface area contributed by atoms with Crippen LogP contribution in [0.2, 0.25) is 5.02 Å². The van der Waals surface area contributed by atoms with Crippen LogP contribution < -0.4 is 10.2 Å². The second-order valence-electron chi connectivity index (χ2n) is 6.86. The van der Waals surface area contributed by atoms with Crippen molar-refractivity contribution in [1.29, 1.82) is 0 Å². The molecule has 0 atom stereocenters. The summed E-state index contributed by atoms with van der Waals surface area (Å²) in [6.07, 6.45) is 1.48. The molecule has 2 heterocycles. The van der Waals surface area contributed by atoms with E-state index in [1.165, 1.54) is 19.4 Å². The molecule has 3 aromatic rings. The molecular formula is C21H19ClN4O5. The monoisotopic (exact) mass is 442 g/mol. The number of ether oxygens (including phenoxy) is 2. The van der Waals surface area contributed by atoms with Crippen molar-refractivity contribution in [3.8, 4) is 0 Å². The van der Waals surface area contributed by atoms with E-state index in [0.29, 0.717) is 53.6 Å². The van der Waals surface area contributed by atoms with Gasteiger partial charge in [-0.2, -0.15) is 0 Å². The lowest BCUT2D eigenvalue weighted by Gasteiger charge is -2.29. The van der Waals surface area contributed by atoms with Crippen molar-refractivity contribution < 1.29 is 19.2 Å². The quantitative estimate of drug-likeness (QED) is 0.356. The number of carbonyl (C=O) groups excluding carboxylic acids is 1. The molecular weight excluding hydrogens is 424 g/mol. The highest BCUT2D eigenvalue weighted by molar-refractivity contribution is 6.34. The number of benzene rings is 2. The highest BCUT2D eigenvalue weighted by Gasteiger charge is 2.29. The van der Waals surface area contributed by atoms with E-state index in [-0.39, 0.29) is 16.9 Å². The summed E-state index contributed by atoms with van der Waals surface area (Å²) in [6, 6.07) is 10.4. The molecule has 1 aliphatic rings. The average molecular weight is 443 g/mol. The molecule has 1 aliphatic heterocycles. The number of carbonyl (C=O) groups is 1. The zero-order valence-electron chi connectivity index (χ0n) is 16.6. The number of pyridine rings is 1. The minimum atomic E-state index is -0.796. The van der Waals surface area contributed by atoms with Crippen LogP contribution in [-0.4, -0.2) is 49.3 Å². The summed E-state index contributed by atoms with van der Waals surface area (Å²) in [4.78, 5) is 30.1. The predicted octanol–water partition coefficient (Wildman–Crippen LogP) is 4.16.